The van der Waals surface area contributed by atoms with Gasteiger partial charge in [0.05, 0.1) is 19.8 Å². The summed E-state index contributed by atoms with van der Waals surface area (Å²) >= 11 is 0. The van der Waals surface area contributed by atoms with E-state index in [0.717, 1.165) is 31.9 Å². The van der Waals surface area contributed by atoms with Crippen LogP contribution in [0.2, 0.25) is 0 Å². The average molecular weight is 339 g/mol. The number of rotatable bonds is 8. The van der Waals surface area contributed by atoms with Crippen molar-refractivity contribution in [3.05, 3.63) is 65.2 Å². The number of aryl methyl sites for hydroxylation is 1. The van der Waals surface area contributed by atoms with Crippen molar-refractivity contribution in [1.29, 1.82) is 0 Å². The fourth-order valence-electron chi connectivity index (χ4n) is 3.30. The summed E-state index contributed by atoms with van der Waals surface area (Å²) in [6.45, 7) is 6.48. The molecule has 3 rings (SSSR count). The first kappa shape index (κ1) is 18.0. The first-order chi connectivity index (χ1) is 12.3. The molecule has 1 heterocycles. The average Bonchev–Trinajstić information content (AvgIpc) is 2.67. The van der Waals surface area contributed by atoms with Gasteiger partial charge < -0.3 is 14.8 Å². The maximum Gasteiger partial charge on any atom is 0.119 e. The highest BCUT2D eigenvalue weighted by atomic mass is 16.5. The summed E-state index contributed by atoms with van der Waals surface area (Å²) < 4.78 is 11.6. The largest absolute Gasteiger partial charge is 0.494 e. The zero-order valence-corrected chi connectivity index (χ0v) is 15.2. The highest BCUT2D eigenvalue weighted by Gasteiger charge is 2.14. The summed E-state index contributed by atoms with van der Waals surface area (Å²) in [4.78, 5) is 0. The van der Waals surface area contributed by atoms with E-state index >= 15 is 0 Å². The standard InChI is InChI=1S/C22H29NO2/c1-18-5-2-3-6-21(18)17-24-15-4-16-25-22-9-7-19(8-10-22)20-11-13-23-14-12-20/h2-3,5-10,20,23H,4,11-17H2,1H3. The van der Waals surface area contributed by atoms with E-state index in [1.165, 1.54) is 29.5 Å². The van der Waals surface area contributed by atoms with E-state index in [4.69, 9.17) is 9.47 Å². The molecule has 0 atom stereocenters. The molecule has 134 valence electrons. The van der Waals surface area contributed by atoms with Crippen molar-refractivity contribution >= 4 is 0 Å². The fourth-order valence-corrected chi connectivity index (χ4v) is 3.30. The molecule has 3 heteroatoms. The lowest BCUT2D eigenvalue weighted by Gasteiger charge is -2.23. The molecular formula is C22H29NO2. The van der Waals surface area contributed by atoms with Crippen molar-refractivity contribution in [2.75, 3.05) is 26.3 Å². The Hall–Kier alpha value is -1.84. The molecule has 0 saturated carbocycles. The van der Waals surface area contributed by atoms with Crippen LogP contribution in [0.4, 0.5) is 0 Å². The van der Waals surface area contributed by atoms with Gasteiger partial charge in [0.15, 0.2) is 0 Å². The van der Waals surface area contributed by atoms with Gasteiger partial charge in [-0.15, -0.1) is 0 Å². The molecule has 0 amide bonds. The molecule has 0 bridgehead atoms. The molecule has 1 aliphatic rings. The van der Waals surface area contributed by atoms with E-state index in [2.05, 4.69) is 60.8 Å². The highest BCUT2D eigenvalue weighted by molar-refractivity contribution is 5.29. The van der Waals surface area contributed by atoms with Gasteiger partial charge in [0.25, 0.3) is 0 Å². The van der Waals surface area contributed by atoms with Crippen molar-refractivity contribution in [2.24, 2.45) is 0 Å². The van der Waals surface area contributed by atoms with Crippen molar-refractivity contribution in [2.45, 2.75) is 38.7 Å². The Kier molecular flexibility index (Phi) is 6.89. The van der Waals surface area contributed by atoms with Crippen LogP contribution in [0.15, 0.2) is 48.5 Å². The summed E-state index contributed by atoms with van der Waals surface area (Å²) in [5.74, 6) is 1.65. The maximum atomic E-state index is 5.83. The Labute approximate surface area is 151 Å². The van der Waals surface area contributed by atoms with Crippen LogP contribution in [0.5, 0.6) is 5.75 Å². The normalized spacial score (nSPS) is 15.2. The second kappa shape index (κ2) is 9.59. The SMILES string of the molecule is Cc1ccccc1COCCCOc1ccc(C2CCNCC2)cc1. The van der Waals surface area contributed by atoms with Crippen LogP contribution >= 0.6 is 0 Å². The minimum atomic E-state index is 0.678. The maximum absolute atomic E-state index is 5.83. The summed E-state index contributed by atoms with van der Waals surface area (Å²) in [7, 11) is 0. The molecule has 0 aromatic heterocycles. The zero-order chi connectivity index (χ0) is 17.3. The third-order valence-corrected chi connectivity index (χ3v) is 4.91. The molecule has 0 radical (unpaired) electrons. The molecule has 1 saturated heterocycles. The van der Waals surface area contributed by atoms with Gasteiger partial charge in [0, 0.05) is 6.42 Å². The third kappa shape index (κ3) is 5.58. The number of piperidine rings is 1. The smallest absolute Gasteiger partial charge is 0.119 e. The molecule has 2 aromatic rings. The van der Waals surface area contributed by atoms with E-state index in [1.54, 1.807) is 0 Å². The predicted molar refractivity (Wildman–Crippen MR) is 102 cm³/mol. The Bertz CT molecular complexity index is 633. The minimum Gasteiger partial charge on any atom is -0.494 e. The fraction of sp³-hybridized carbons (Fsp3) is 0.455. The molecule has 3 nitrogen and oxygen atoms in total. The van der Waals surface area contributed by atoms with Gasteiger partial charge in [-0.2, -0.15) is 0 Å². The van der Waals surface area contributed by atoms with Crippen LogP contribution in [-0.2, 0) is 11.3 Å². The number of hydrogen-bond donors (Lipinski definition) is 1. The molecule has 0 spiro atoms. The van der Waals surface area contributed by atoms with Crippen molar-refractivity contribution in [1.82, 2.24) is 5.32 Å². The first-order valence-electron chi connectivity index (χ1n) is 9.38. The van der Waals surface area contributed by atoms with Gasteiger partial charge in [0.2, 0.25) is 0 Å². The summed E-state index contributed by atoms with van der Waals surface area (Å²) in [6, 6.07) is 17.0. The van der Waals surface area contributed by atoms with Gasteiger partial charge >= 0.3 is 0 Å². The molecule has 1 aliphatic heterocycles. The van der Waals surface area contributed by atoms with Crippen LogP contribution in [0.1, 0.15) is 41.9 Å². The quantitative estimate of drug-likeness (QED) is 0.721. The zero-order valence-electron chi connectivity index (χ0n) is 15.2. The van der Waals surface area contributed by atoms with Gasteiger partial charge in [-0.25, -0.2) is 0 Å². The second-order valence-electron chi connectivity index (χ2n) is 6.77. The van der Waals surface area contributed by atoms with Crippen molar-refractivity contribution < 1.29 is 9.47 Å². The third-order valence-electron chi connectivity index (χ3n) is 4.91. The van der Waals surface area contributed by atoms with Crippen LogP contribution in [0.25, 0.3) is 0 Å². The van der Waals surface area contributed by atoms with E-state index < -0.39 is 0 Å². The van der Waals surface area contributed by atoms with Crippen LogP contribution < -0.4 is 10.1 Å². The van der Waals surface area contributed by atoms with Crippen LogP contribution in [0.3, 0.4) is 0 Å². The summed E-state index contributed by atoms with van der Waals surface area (Å²) in [5.41, 5.74) is 3.99. The monoisotopic (exact) mass is 339 g/mol. The molecule has 0 aliphatic carbocycles. The first-order valence-corrected chi connectivity index (χ1v) is 9.38. The number of ether oxygens (including phenoxy) is 2. The lowest BCUT2D eigenvalue weighted by molar-refractivity contribution is 0.107. The summed E-state index contributed by atoms with van der Waals surface area (Å²) in [6.07, 6.45) is 3.37. The number of benzene rings is 2. The Morgan fingerprint density at radius 3 is 2.48 bits per heavy atom. The van der Waals surface area contributed by atoms with Crippen molar-refractivity contribution in [3.8, 4) is 5.75 Å². The number of hydrogen-bond acceptors (Lipinski definition) is 3. The van der Waals surface area contributed by atoms with Crippen molar-refractivity contribution in [3.63, 3.8) is 0 Å². The number of nitrogens with one attached hydrogen (secondary N) is 1. The molecule has 25 heavy (non-hydrogen) atoms. The molecule has 2 aromatic carbocycles. The minimum absolute atomic E-state index is 0.678. The molecule has 1 N–H and O–H groups in total. The topological polar surface area (TPSA) is 30.5 Å². The lowest BCUT2D eigenvalue weighted by Crippen LogP contribution is -2.26. The van der Waals surface area contributed by atoms with Gasteiger partial charge in [0.1, 0.15) is 5.75 Å². The predicted octanol–water partition coefficient (Wildman–Crippen LogP) is 4.45. The molecule has 0 unspecified atom stereocenters. The van der Waals surface area contributed by atoms with E-state index in [9.17, 15) is 0 Å². The van der Waals surface area contributed by atoms with Gasteiger partial charge in [-0.05, 0) is 67.6 Å². The summed E-state index contributed by atoms with van der Waals surface area (Å²) in [5, 5.41) is 3.42. The molecular weight excluding hydrogens is 310 g/mol. The van der Waals surface area contributed by atoms with Crippen LogP contribution in [-0.4, -0.2) is 26.3 Å². The lowest BCUT2D eigenvalue weighted by atomic mass is 9.90. The molecule has 1 fully saturated rings. The van der Waals surface area contributed by atoms with E-state index in [0.29, 0.717) is 19.1 Å². The van der Waals surface area contributed by atoms with Gasteiger partial charge in [-0.3, -0.25) is 0 Å². The Morgan fingerprint density at radius 1 is 0.960 bits per heavy atom. The Morgan fingerprint density at radius 2 is 1.72 bits per heavy atom. The van der Waals surface area contributed by atoms with Crippen LogP contribution in [0, 0.1) is 6.92 Å². The highest BCUT2D eigenvalue weighted by Crippen LogP contribution is 2.26. The second-order valence-corrected chi connectivity index (χ2v) is 6.77. The van der Waals surface area contributed by atoms with Gasteiger partial charge in [-0.1, -0.05) is 36.4 Å². The van der Waals surface area contributed by atoms with E-state index in [1.807, 2.05) is 0 Å². The Balaban J connectivity index is 1.33. The van der Waals surface area contributed by atoms with E-state index in [-0.39, 0.29) is 0 Å².